The van der Waals surface area contributed by atoms with Crippen LogP contribution in [0.15, 0.2) is 12.1 Å². The zero-order valence-corrected chi connectivity index (χ0v) is 8.30. The molecule has 2 nitrogen and oxygen atoms in total. The van der Waals surface area contributed by atoms with E-state index in [1.807, 2.05) is 5.01 Å². The smallest absolute Gasteiger partial charge is 0.0551 e. The quantitative estimate of drug-likeness (QED) is 0.612. The van der Waals surface area contributed by atoms with Gasteiger partial charge in [0.1, 0.15) is 0 Å². The summed E-state index contributed by atoms with van der Waals surface area (Å²) in [5.41, 5.74) is 5.44. The van der Waals surface area contributed by atoms with E-state index >= 15 is 0 Å². The first kappa shape index (κ1) is 8.57. The van der Waals surface area contributed by atoms with Crippen molar-refractivity contribution in [3.8, 4) is 0 Å². The molecule has 0 unspecified atom stereocenters. The molecular weight excluding hydrogens is 160 g/mol. The molecule has 1 aliphatic heterocycles. The average Bonchev–Trinajstić information content (AvgIpc) is 2.12. The van der Waals surface area contributed by atoms with Crippen molar-refractivity contribution in [2.45, 2.75) is 26.7 Å². The van der Waals surface area contributed by atoms with Crippen LogP contribution in [-0.4, -0.2) is 6.54 Å². The van der Waals surface area contributed by atoms with E-state index < -0.39 is 0 Å². The molecule has 0 aliphatic carbocycles. The van der Waals surface area contributed by atoms with Gasteiger partial charge in [-0.1, -0.05) is 6.07 Å². The molecule has 0 fully saturated rings. The number of rotatable bonds is 0. The summed E-state index contributed by atoms with van der Waals surface area (Å²) in [5, 5.41) is 1.87. The molecule has 1 aromatic carbocycles. The third-order valence-electron chi connectivity index (χ3n) is 2.98. The standard InChI is InChI=1S/C11H16N2/c1-8-5-6-11-10(9(8)2)4-3-7-13(11)12/h5-6H,3-4,7,12H2,1-2H3. The van der Waals surface area contributed by atoms with Gasteiger partial charge in [-0.05, 0) is 49.4 Å². The summed E-state index contributed by atoms with van der Waals surface area (Å²) >= 11 is 0. The molecule has 70 valence electrons. The van der Waals surface area contributed by atoms with Crippen LogP contribution < -0.4 is 10.9 Å². The lowest BCUT2D eigenvalue weighted by molar-refractivity contribution is 0.709. The van der Waals surface area contributed by atoms with Crippen molar-refractivity contribution in [2.75, 3.05) is 11.6 Å². The molecule has 2 rings (SSSR count). The van der Waals surface area contributed by atoms with Gasteiger partial charge in [-0.3, -0.25) is 0 Å². The summed E-state index contributed by atoms with van der Waals surface area (Å²) in [6.07, 6.45) is 2.35. The SMILES string of the molecule is Cc1ccc2c(c1C)CCCN2N. The van der Waals surface area contributed by atoms with Crippen LogP contribution >= 0.6 is 0 Å². The highest BCUT2D eigenvalue weighted by molar-refractivity contribution is 5.59. The lowest BCUT2D eigenvalue weighted by Crippen LogP contribution is -2.35. The van der Waals surface area contributed by atoms with Crippen LogP contribution in [0.1, 0.15) is 23.1 Å². The fourth-order valence-corrected chi connectivity index (χ4v) is 1.99. The largest absolute Gasteiger partial charge is 0.311 e. The number of nitrogens with zero attached hydrogens (tertiary/aromatic N) is 1. The lowest BCUT2D eigenvalue weighted by atomic mass is 9.95. The second-order valence-electron chi connectivity index (χ2n) is 3.80. The predicted octanol–water partition coefficient (Wildman–Crippen LogP) is 1.93. The maximum atomic E-state index is 5.90. The highest BCUT2D eigenvalue weighted by Crippen LogP contribution is 2.29. The zero-order chi connectivity index (χ0) is 9.42. The molecule has 13 heavy (non-hydrogen) atoms. The van der Waals surface area contributed by atoms with E-state index in [1.165, 1.54) is 35.2 Å². The first-order valence-electron chi connectivity index (χ1n) is 4.81. The first-order chi connectivity index (χ1) is 6.20. The van der Waals surface area contributed by atoms with Crippen molar-refractivity contribution in [1.82, 2.24) is 0 Å². The van der Waals surface area contributed by atoms with E-state index in [0.29, 0.717) is 0 Å². The molecule has 0 saturated carbocycles. The number of hydrogen-bond acceptors (Lipinski definition) is 2. The van der Waals surface area contributed by atoms with Crippen LogP contribution in [0.4, 0.5) is 5.69 Å². The molecule has 0 saturated heterocycles. The van der Waals surface area contributed by atoms with Crippen molar-refractivity contribution >= 4 is 5.69 Å². The number of aryl methyl sites for hydroxylation is 1. The van der Waals surface area contributed by atoms with E-state index in [9.17, 15) is 0 Å². The Morgan fingerprint density at radius 2 is 2.08 bits per heavy atom. The molecule has 1 aliphatic rings. The molecule has 2 heteroatoms. The Balaban J connectivity index is 2.56. The summed E-state index contributed by atoms with van der Waals surface area (Å²) < 4.78 is 0. The molecule has 0 amide bonds. The molecule has 0 spiro atoms. The fourth-order valence-electron chi connectivity index (χ4n) is 1.99. The Morgan fingerprint density at radius 3 is 2.85 bits per heavy atom. The van der Waals surface area contributed by atoms with Gasteiger partial charge in [0.05, 0.1) is 5.69 Å². The van der Waals surface area contributed by atoms with Gasteiger partial charge in [0.25, 0.3) is 0 Å². The molecule has 0 bridgehead atoms. The number of hydrazine groups is 1. The van der Waals surface area contributed by atoms with Crippen LogP contribution in [0.25, 0.3) is 0 Å². The third-order valence-corrected chi connectivity index (χ3v) is 2.98. The lowest BCUT2D eigenvalue weighted by Gasteiger charge is -2.28. The Labute approximate surface area is 79.3 Å². The number of benzene rings is 1. The van der Waals surface area contributed by atoms with E-state index in [2.05, 4.69) is 26.0 Å². The predicted molar refractivity (Wildman–Crippen MR) is 55.8 cm³/mol. The number of anilines is 1. The first-order valence-corrected chi connectivity index (χ1v) is 4.81. The van der Waals surface area contributed by atoms with E-state index in [4.69, 9.17) is 5.84 Å². The van der Waals surface area contributed by atoms with Gasteiger partial charge < -0.3 is 5.01 Å². The summed E-state index contributed by atoms with van der Waals surface area (Å²) in [6, 6.07) is 4.29. The zero-order valence-electron chi connectivity index (χ0n) is 8.30. The van der Waals surface area contributed by atoms with Gasteiger partial charge >= 0.3 is 0 Å². The maximum Gasteiger partial charge on any atom is 0.0551 e. The van der Waals surface area contributed by atoms with Crippen molar-refractivity contribution < 1.29 is 0 Å². The van der Waals surface area contributed by atoms with Crippen LogP contribution in [0.2, 0.25) is 0 Å². The molecule has 0 aromatic heterocycles. The summed E-state index contributed by atoms with van der Waals surface area (Å²) in [6.45, 7) is 5.33. The monoisotopic (exact) mass is 176 g/mol. The summed E-state index contributed by atoms with van der Waals surface area (Å²) in [7, 11) is 0. The van der Waals surface area contributed by atoms with Crippen molar-refractivity contribution in [3.05, 3.63) is 28.8 Å². The molecule has 0 atom stereocenters. The summed E-state index contributed by atoms with van der Waals surface area (Å²) in [5.74, 6) is 5.90. The van der Waals surface area contributed by atoms with E-state index in [0.717, 1.165) is 6.54 Å². The Bertz CT molecular complexity index is 331. The van der Waals surface area contributed by atoms with Gasteiger partial charge in [0.15, 0.2) is 0 Å². The Kier molecular flexibility index (Phi) is 2.00. The second-order valence-corrected chi connectivity index (χ2v) is 3.80. The Hall–Kier alpha value is -1.02. The molecule has 2 N–H and O–H groups in total. The van der Waals surface area contributed by atoms with Gasteiger partial charge in [0.2, 0.25) is 0 Å². The minimum absolute atomic E-state index is 0.982. The minimum atomic E-state index is 0.982. The normalized spacial score (nSPS) is 15.8. The van der Waals surface area contributed by atoms with Crippen molar-refractivity contribution in [2.24, 2.45) is 5.84 Å². The van der Waals surface area contributed by atoms with Crippen LogP contribution in [-0.2, 0) is 6.42 Å². The summed E-state index contributed by atoms with van der Waals surface area (Å²) in [4.78, 5) is 0. The van der Waals surface area contributed by atoms with Gasteiger partial charge in [-0.25, -0.2) is 5.84 Å². The highest BCUT2D eigenvalue weighted by Gasteiger charge is 2.16. The Morgan fingerprint density at radius 1 is 1.31 bits per heavy atom. The van der Waals surface area contributed by atoms with E-state index in [-0.39, 0.29) is 0 Å². The molecule has 1 aromatic rings. The van der Waals surface area contributed by atoms with Crippen LogP contribution in [0.3, 0.4) is 0 Å². The minimum Gasteiger partial charge on any atom is -0.311 e. The van der Waals surface area contributed by atoms with Gasteiger partial charge in [0, 0.05) is 6.54 Å². The van der Waals surface area contributed by atoms with E-state index in [1.54, 1.807) is 0 Å². The fraction of sp³-hybridized carbons (Fsp3) is 0.455. The third kappa shape index (κ3) is 1.31. The van der Waals surface area contributed by atoms with Crippen LogP contribution in [0, 0.1) is 13.8 Å². The molecule has 0 radical (unpaired) electrons. The van der Waals surface area contributed by atoms with Gasteiger partial charge in [-0.15, -0.1) is 0 Å². The van der Waals surface area contributed by atoms with Crippen molar-refractivity contribution in [3.63, 3.8) is 0 Å². The number of nitrogens with two attached hydrogens (primary N) is 1. The van der Waals surface area contributed by atoms with Crippen LogP contribution in [0.5, 0.6) is 0 Å². The number of fused-ring (bicyclic) bond motifs is 1. The highest BCUT2D eigenvalue weighted by atomic mass is 15.4. The number of hydrogen-bond donors (Lipinski definition) is 1. The average molecular weight is 176 g/mol. The molecular formula is C11H16N2. The van der Waals surface area contributed by atoms with Gasteiger partial charge in [-0.2, -0.15) is 0 Å². The van der Waals surface area contributed by atoms with Crippen molar-refractivity contribution in [1.29, 1.82) is 0 Å². The maximum absolute atomic E-state index is 5.90. The topological polar surface area (TPSA) is 29.3 Å². The second kappa shape index (κ2) is 3.04. The molecule has 1 heterocycles.